The summed E-state index contributed by atoms with van der Waals surface area (Å²) in [5.41, 5.74) is 0.865. The third-order valence-electron chi connectivity index (χ3n) is 4.12. The van der Waals surface area contributed by atoms with E-state index in [9.17, 15) is 9.59 Å². The van der Waals surface area contributed by atoms with Crippen LogP contribution in [-0.2, 0) is 14.3 Å². The first-order valence-electron chi connectivity index (χ1n) is 9.14. The monoisotopic (exact) mass is 411 g/mol. The van der Waals surface area contributed by atoms with E-state index in [1.54, 1.807) is 6.08 Å². The molecule has 3 aromatic rings. The maximum atomic E-state index is 12.8. The average Bonchev–Trinajstić information content (AvgIpc) is 3.42. The first-order chi connectivity index (χ1) is 14.1. The molecule has 0 aliphatic carbocycles. The molecule has 2 aromatic heterocycles. The van der Waals surface area contributed by atoms with Crippen LogP contribution in [0.1, 0.15) is 25.1 Å². The minimum absolute atomic E-state index is 0.00605. The number of hydrogen-bond donors (Lipinski definition) is 1. The number of nitrogens with zero attached hydrogens (tertiary/aromatic N) is 4. The quantitative estimate of drug-likeness (QED) is 0.452. The summed E-state index contributed by atoms with van der Waals surface area (Å²) in [5, 5.41) is 16.4. The maximum Gasteiger partial charge on any atom is 0.357 e. The first kappa shape index (κ1) is 20.4. The molecule has 1 N–H and O–H groups in total. The van der Waals surface area contributed by atoms with Gasteiger partial charge in [0.2, 0.25) is 0 Å². The fourth-order valence-corrected chi connectivity index (χ4v) is 3.11. The number of carbonyl (C=O) groups is 2. The number of amides is 1. The van der Waals surface area contributed by atoms with Crippen molar-refractivity contribution in [2.75, 3.05) is 6.61 Å². The van der Waals surface area contributed by atoms with Crippen molar-refractivity contribution in [1.29, 1.82) is 0 Å². The van der Waals surface area contributed by atoms with Crippen LogP contribution in [0.15, 0.2) is 47.8 Å². The molecule has 29 heavy (non-hydrogen) atoms. The molecule has 1 aromatic carbocycles. The molecule has 1 amide bonds. The van der Waals surface area contributed by atoms with Crippen LogP contribution in [0.4, 0.5) is 0 Å². The highest BCUT2D eigenvalue weighted by molar-refractivity contribution is 7.10. The van der Waals surface area contributed by atoms with Crippen molar-refractivity contribution >= 4 is 35.0 Å². The largest absolute Gasteiger partial charge is 0.451 e. The minimum Gasteiger partial charge on any atom is -0.451 e. The highest BCUT2D eigenvalue weighted by Crippen LogP contribution is 2.22. The van der Waals surface area contributed by atoms with E-state index in [4.69, 9.17) is 4.74 Å². The second-order valence-corrected chi connectivity index (χ2v) is 7.26. The van der Waals surface area contributed by atoms with Crippen molar-refractivity contribution < 1.29 is 14.3 Å². The van der Waals surface area contributed by atoms with Crippen molar-refractivity contribution in [1.82, 2.24) is 25.5 Å². The molecule has 2 heterocycles. The van der Waals surface area contributed by atoms with Gasteiger partial charge >= 0.3 is 5.97 Å². The molecular weight excluding hydrogens is 390 g/mol. The number of ether oxygens (including phenoxy) is 1. The van der Waals surface area contributed by atoms with E-state index >= 15 is 0 Å². The van der Waals surface area contributed by atoms with Gasteiger partial charge in [0.15, 0.2) is 18.1 Å². The van der Waals surface area contributed by atoms with Crippen LogP contribution < -0.4 is 5.32 Å². The summed E-state index contributed by atoms with van der Waals surface area (Å²) in [6, 6.07) is 13.0. The second kappa shape index (κ2) is 9.74. The molecule has 9 heteroatoms. The molecule has 0 fully saturated rings. The Bertz CT molecular complexity index is 983. The van der Waals surface area contributed by atoms with E-state index in [2.05, 4.69) is 20.8 Å². The highest BCUT2D eigenvalue weighted by Gasteiger charge is 2.21. The maximum absolute atomic E-state index is 12.8. The normalized spacial score (nSPS) is 12.4. The molecule has 0 unspecified atom stereocenters. The van der Waals surface area contributed by atoms with Crippen LogP contribution in [0.25, 0.3) is 23.2 Å². The number of rotatable bonds is 8. The SMILES string of the molecule is CC[C@H](C)NC(=O)COC(=O)/C(=C/c1cccs1)n1nnnc1-c1ccccc1. The summed E-state index contributed by atoms with van der Waals surface area (Å²) >= 11 is 1.46. The predicted octanol–water partition coefficient (Wildman–Crippen LogP) is 2.86. The summed E-state index contributed by atoms with van der Waals surface area (Å²) in [5.74, 6) is -0.653. The molecular formula is C20H21N5O3S. The lowest BCUT2D eigenvalue weighted by atomic mass is 10.2. The molecule has 0 radical (unpaired) electrons. The predicted molar refractivity (Wildman–Crippen MR) is 111 cm³/mol. The Hall–Kier alpha value is -3.33. The van der Waals surface area contributed by atoms with E-state index in [1.807, 2.05) is 61.7 Å². The summed E-state index contributed by atoms with van der Waals surface area (Å²) < 4.78 is 6.57. The molecule has 0 aliphatic rings. The summed E-state index contributed by atoms with van der Waals surface area (Å²) in [6.07, 6.45) is 2.43. The number of hydrogen-bond acceptors (Lipinski definition) is 7. The number of carbonyl (C=O) groups excluding carboxylic acids is 2. The fourth-order valence-electron chi connectivity index (χ4n) is 2.45. The van der Waals surface area contributed by atoms with E-state index in [0.29, 0.717) is 5.82 Å². The van der Waals surface area contributed by atoms with Gasteiger partial charge in [0.25, 0.3) is 5.91 Å². The van der Waals surface area contributed by atoms with Crippen LogP contribution in [0.2, 0.25) is 0 Å². The third-order valence-corrected chi connectivity index (χ3v) is 4.93. The van der Waals surface area contributed by atoms with Crippen molar-refractivity contribution in [2.24, 2.45) is 0 Å². The lowest BCUT2D eigenvalue weighted by Gasteiger charge is -2.12. The Labute approximate surface area is 172 Å². The average molecular weight is 411 g/mol. The van der Waals surface area contributed by atoms with E-state index in [1.165, 1.54) is 16.0 Å². The number of esters is 1. The molecule has 1 atom stereocenters. The van der Waals surface area contributed by atoms with Crippen molar-refractivity contribution in [3.8, 4) is 11.4 Å². The van der Waals surface area contributed by atoms with Crippen molar-refractivity contribution in [2.45, 2.75) is 26.3 Å². The number of tetrazole rings is 1. The third kappa shape index (κ3) is 5.35. The Kier molecular flexibility index (Phi) is 6.85. The van der Waals surface area contributed by atoms with E-state index < -0.39 is 5.97 Å². The van der Waals surface area contributed by atoms with Gasteiger partial charge in [0.1, 0.15) is 0 Å². The number of benzene rings is 1. The van der Waals surface area contributed by atoms with Crippen LogP contribution in [0.3, 0.4) is 0 Å². The van der Waals surface area contributed by atoms with Crippen LogP contribution in [-0.4, -0.2) is 44.7 Å². The van der Waals surface area contributed by atoms with Gasteiger partial charge in [0, 0.05) is 16.5 Å². The smallest absolute Gasteiger partial charge is 0.357 e. The molecule has 150 valence electrons. The minimum atomic E-state index is -0.692. The van der Waals surface area contributed by atoms with Gasteiger partial charge in [-0.2, -0.15) is 4.68 Å². The van der Waals surface area contributed by atoms with E-state index in [-0.39, 0.29) is 24.3 Å². The Balaban J connectivity index is 1.87. The molecule has 0 saturated heterocycles. The van der Waals surface area contributed by atoms with Gasteiger partial charge in [-0.05, 0) is 41.3 Å². The van der Waals surface area contributed by atoms with Gasteiger partial charge in [-0.1, -0.05) is 43.3 Å². The van der Waals surface area contributed by atoms with Gasteiger partial charge in [0.05, 0.1) is 0 Å². The van der Waals surface area contributed by atoms with Gasteiger partial charge in [-0.15, -0.1) is 16.4 Å². The van der Waals surface area contributed by atoms with Gasteiger partial charge in [-0.3, -0.25) is 4.79 Å². The lowest BCUT2D eigenvalue weighted by molar-refractivity contribution is -0.143. The highest BCUT2D eigenvalue weighted by atomic mass is 32.1. The molecule has 0 spiro atoms. The zero-order valence-electron chi connectivity index (χ0n) is 16.1. The van der Waals surface area contributed by atoms with Crippen LogP contribution >= 0.6 is 11.3 Å². The van der Waals surface area contributed by atoms with E-state index in [0.717, 1.165) is 16.9 Å². The number of thiophene rings is 1. The standard InChI is InChI=1S/C20H21N5O3S/c1-3-14(2)21-18(26)13-28-20(27)17(12-16-10-7-11-29-16)25-19(22-23-24-25)15-8-5-4-6-9-15/h4-12,14H,3,13H2,1-2H3,(H,21,26)/b17-12-/t14-/m0/s1. The zero-order valence-corrected chi connectivity index (χ0v) is 16.9. The molecule has 0 aliphatic heterocycles. The molecule has 3 rings (SSSR count). The van der Waals surface area contributed by atoms with Gasteiger partial charge in [-0.25, -0.2) is 4.79 Å². The van der Waals surface area contributed by atoms with Crippen LogP contribution in [0, 0.1) is 0 Å². The summed E-state index contributed by atoms with van der Waals surface area (Å²) in [6.45, 7) is 3.46. The van der Waals surface area contributed by atoms with Crippen molar-refractivity contribution in [3.63, 3.8) is 0 Å². The zero-order chi connectivity index (χ0) is 20.6. The van der Waals surface area contributed by atoms with Crippen LogP contribution in [0.5, 0.6) is 0 Å². The summed E-state index contributed by atoms with van der Waals surface area (Å²) in [4.78, 5) is 25.6. The summed E-state index contributed by atoms with van der Waals surface area (Å²) in [7, 11) is 0. The Morgan fingerprint density at radius 2 is 2.03 bits per heavy atom. The fraction of sp³-hybridized carbons (Fsp3) is 0.250. The Morgan fingerprint density at radius 1 is 1.24 bits per heavy atom. The first-order valence-corrected chi connectivity index (χ1v) is 10.0. The topological polar surface area (TPSA) is 99.0 Å². The lowest BCUT2D eigenvalue weighted by Crippen LogP contribution is -2.35. The number of aromatic nitrogens is 4. The molecule has 8 nitrogen and oxygen atoms in total. The molecule has 0 saturated carbocycles. The van der Waals surface area contributed by atoms with Crippen molar-refractivity contribution in [3.05, 3.63) is 52.7 Å². The Morgan fingerprint density at radius 3 is 2.72 bits per heavy atom. The van der Waals surface area contributed by atoms with Gasteiger partial charge < -0.3 is 10.1 Å². The number of nitrogens with one attached hydrogen (secondary N) is 1. The second-order valence-electron chi connectivity index (χ2n) is 6.28. The molecule has 0 bridgehead atoms.